The number of rotatable bonds is 5. The number of amides is 1. The molecule has 0 fully saturated rings. The van der Waals surface area contributed by atoms with Crippen molar-refractivity contribution in [3.8, 4) is 11.1 Å². The van der Waals surface area contributed by atoms with Gasteiger partial charge in [0, 0.05) is 30.2 Å². The van der Waals surface area contributed by atoms with Crippen LogP contribution in [-0.4, -0.2) is 10.5 Å². The minimum Gasteiger partial charge on any atom is -0.352 e. The molecule has 0 atom stereocenters. The van der Waals surface area contributed by atoms with Crippen LogP contribution in [0.5, 0.6) is 0 Å². The lowest BCUT2D eigenvalue weighted by atomic mass is 9.93. The maximum Gasteiger partial charge on any atom is 0.258 e. The maximum atomic E-state index is 13.2. The van der Waals surface area contributed by atoms with E-state index in [9.17, 15) is 9.59 Å². The molecule has 0 spiro atoms. The molecule has 0 aliphatic rings. The molecule has 3 aromatic carbocycles. The van der Waals surface area contributed by atoms with Gasteiger partial charge in [0.2, 0.25) is 5.91 Å². The van der Waals surface area contributed by atoms with Crippen LogP contribution in [0.15, 0.2) is 77.6 Å². The summed E-state index contributed by atoms with van der Waals surface area (Å²) < 4.78 is 1.63. The highest BCUT2D eigenvalue weighted by Gasteiger charge is 2.19. The van der Waals surface area contributed by atoms with E-state index in [1.54, 1.807) is 11.6 Å². The Morgan fingerprint density at radius 2 is 1.45 bits per heavy atom. The minimum absolute atomic E-state index is 0.0800. The minimum atomic E-state index is -0.112. The summed E-state index contributed by atoms with van der Waals surface area (Å²) in [5, 5.41) is 4.56. The van der Waals surface area contributed by atoms with Crippen LogP contribution in [0.3, 0.4) is 0 Å². The van der Waals surface area contributed by atoms with Crippen LogP contribution < -0.4 is 10.9 Å². The van der Waals surface area contributed by atoms with E-state index in [-0.39, 0.29) is 17.9 Å². The first-order valence-corrected chi connectivity index (χ1v) is 10.4. The van der Waals surface area contributed by atoms with Crippen LogP contribution in [0.1, 0.15) is 22.4 Å². The summed E-state index contributed by atoms with van der Waals surface area (Å²) >= 11 is 0. The molecule has 0 saturated carbocycles. The summed E-state index contributed by atoms with van der Waals surface area (Å²) in [5.74, 6) is -0.112. The van der Waals surface area contributed by atoms with Gasteiger partial charge < -0.3 is 9.88 Å². The predicted molar refractivity (Wildman–Crippen MR) is 126 cm³/mol. The first kappa shape index (κ1) is 20.6. The Morgan fingerprint density at radius 1 is 0.871 bits per heavy atom. The number of hydrogen-bond acceptors (Lipinski definition) is 2. The molecule has 0 bridgehead atoms. The van der Waals surface area contributed by atoms with E-state index >= 15 is 0 Å². The van der Waals surface area contributed by atoms with Crippen molar-refractivity contribution in [2.45, 2.75) is 26.8 Å². The second kappa shape index (κ2) is 8.60. The molecular weight excluding hydrogens is 384 g/mol. The second-order valence-electron chi connectivity index (χ2n) is 7.97. The van der Waals surface area contributed by atoms with Gasteiger partial charge in [-0.25, -0.2) is 0 Å². The summed E-state index contributed by atoms with van der Waals surface area (Å²) in [6.45, 7) is 4.52. The monoisotopic (exact) mass is 410 g/mol. The van der Waals surface area contributed by atoms with Crippen LogP contribution >= 0.6 is 0 Å². The van der Waals surface area contributed by atoms with Crippen molar-refractivity contribution >= 4 is 16.7 Å². The van der Waals surface area contributed by atoms with Crippen molar-refractivity contribution in [1.29, 1.82) is 0 Å². The average Bonchev–Trinajstić information content (AvgIpc) is 2.79. The van der Waals surface area contributed by atoms with E-state index < -0.39 is 0 Å². The fourth-order valence-electron chi connectivity index (χ4n) is 3.97. The van der Waals surface area contributed by atoms with Gasteiger partial charge in [0.25, 0.3) is 5.56 Å². The van der Waals surface area contributed by atoms with Crippen LogP contribution in [0, 0.1) is 13.8 Å². The summed E-state index contributed by atoms with van der Waals surface area (Å²) in [6, 6.07) is 23.8. The van der Waals surface area contributed by atoms with Gasteiger partial charge in [-0.3, -0.25) is 9.59 Å². The number of nitrogens with one attached hydrogen (secondary N) is 1. The lowest BCUT2D eigenvalue weighted by Gasteiger charge is -2.18. The molecule has 1 heterocycles. The number of nitrogens with zero attached hydrogens (tertiary/aromatic N) is 1. The predicted octanol–water partition coefficient (Wildman–Crippen LogP) is 4.68. The first-order valence-electron chi connectivity index (χ1n) is 10.4. The molecule has 0 radical (unpaired) electrons. The number of pyridine rings is 1. The number of benzene rings is 3. The molecular formula is C27H26N2O2. The summed E-state index contributed by atoms with van der Waals surface area (Å²) in [4.78, 5) is 26.1. The van der Waals surface area contributed by atoms with E-state index in [2.05, 4.69) is 11.4 Å². The van der Waals surface area contributed by atoms with Gasteiger partial charge in [0.05, 0.1) is 6.42 Å². The number of carbonyl (C=O) groups is 1. The zero-order valence-electron chi connectivity index (χ0n) is 18.1. The van der Waals surface area contributed by atoms with Crippen molar-refractivity contribution in [3.05, 3.63) is 106 Å². The smallest absolute Gasteiger partial charge is 0.258 e. The van der Waals surface area contributed by atoms with Gasteiger partial charge in [0.15, 0.2) is 0 Å². The van der Waals surface area contributed by atoms with E-state index in [1.807, 2.05) is 80.6 Å². The number of carbonyl (C=O) groups excluding carboxylic acids is 1. The molecule has 31 heavy (non-hydrogen) atoms. The fraction of sp³-hybridized carbons (Fsp3) is 0.185. The average molecular weight is 411 g/mol. The molecule has 0 unspecified atom stereocenters. The van der Waals surface area contributed by atoms with Gasteiger partial charge in [-0.2, -0.15) is 0 Å². The van der Waals surface area contributed by atoms with Gasteiger partial charge in [-0.1, -0.05) is 66.7 Å². The van der Waals surface area contributed by atoms with Gasteiger partial charge in [-0.05, 0) is 47.6 Å². The lowest BCUT2D eigenvalue weighted by Crippen LogP contribution is -2.29. The zero-order chi connectivity index (χ0) is 22.0. The summed E-state index contributed by atoms with van der Waals surface area (Å²) in [7, 11) is 1.75. The van der Waals surface area contributed by atoms with Crippen LogP contribution in [-0.2, 0) is 24.8 Å². The number of aryl methyl sites for hydroxylation is 2. The van der Waals surface area contributed by atoms with Crippen LogP contribution in [0.2, 0.25) is 0 Å². The van der Waals surface area contributed by atoms with Gasteiger partial charge in [0.1, 0.15) is 0 Å². The molecule has 1 N–H and O–H groups in total. The molecule has 0 saturated heterocycles. The lowest BCUT2D eigenvalue weighted by molar-refractivity contribution is -0.120. The van der Waals surface area contributed by atoms with E-state index in [4.69, 9.17) is 0 Å². The standard InChI is InChI=1S/C27H26N2O2/c1-18-14-22-23(15-19(18)2)27(31)29(3)24(26(22)21-12-8-5-9-13-21)16-25(30)28-17-20-10-6-4-7-11-20/h4-15H,16-17H2,1-3H3,(H,28,30). The van der Waals surface area contributed by atoms with Gasteiger partial charge in [-0.15, -0.1) is 0 Å². The highest BCUT2D eigenvalue weighted by atomic mass is 16.1. The number of fused-ring (bicyclic) bond motifs is 1. The Kier molecular flexibility index (Phi) is 5.72. The number of hydrogen-bond donors (Lipinski definition) is 1. The van der Waals surface area contributed by atoms with E-state index in [0.717, 1.165) is 38.9 Å². The molecule has 4 heteroatoms. The van der Waals surface area contributed by atoms with Crippen LogP contribution in [0.4, 0.5) is 0 Å². The maximum absolute atomic E-state index is 13.2. The molecule has 1 amide bonds. The molecule has 4 rings (SSSR count). The van der Waals surface area contributed by atoms with E-state index in [1.165, 1.54) is 0 Å². The second-order valence-corrected chi connectivity index (χ2v) is 7.97. The molecule has 4 aromatic rings. The Balaban J connectivity index is 1.82. The topological polar surface area (TPSA) is 51.1 Å². The van der Waals surface area contributed by atoms with E-state index in [0.29, 0.717) is 11.9 Å². The zero-order valence-corrected chi connectivity index (χ0v) is 18.1. The Hall–Kier alpha value is -3.66. The molecule has 4 nitrogen and oxygen atoms in total. The van der Waals surface area contributed by atoms with Crippen molar-refractivity contribution < 1.29 is 4.79 Å². The summed E-state index contributed by atoms with van der Waals surface area (Å²) in [6.07, 6.45) is 0.131. The largest absolute Gasteiger partial charge is 0.352 e. The molecule has 1 aromatic heterocycles. The van der Waals surface area contributed by atoms with Gasteiger partial charge >= 0.3 is 0 Å². The quantitative estimate of drug-likeness (QED) is 0.519. The third kappa shape index (κ3) is 4.15. The highest BCUT2D eigenvalue weighted by molar-refractivity contribution is 5.99. The van der Waals surface area contributed by atoms with Crippen LogP contribution in [0.25, 0.3) is 21.9 Å². The third-order valence-electron chi connectivity index (χ3n) is 5.85. The van der Waals surface area contributed by atoms with Crippen molar-refractivity contribution in [3.63, 3.8) is 0 Å². The Labute approximate surface area is 182 Å². The Morgan fingerprint density at radius 3 is 2.10 bits per heavy atom. The van der Waals surface area contributed by atoms with Crippen molar-refractivity contribution in [1.82, 2.24) is 9.88 Å². The highest BCUT2D eigenvalue weighted by Crippen LogP contribution is 2.32. The Bertz CT molecular complexity index is 1310. The third-order valence-corrected chi connectivity index (χ3v) is 5.85. The van der Waals surface area contributed by atoms with Crippen molar-refractivity contribution in [2.75, 3.05) is 0 Å². The first-order chi connectivity index (χ1) is 15.0. The summed E-state index contributed by atoms with van der Waals surface area (Å²) in [5.41, 5.74) is 5.82. The SMILES string of the molecule is Cc1cc2c(-c3ccccc3)c(CC(=O)NCc3ccccc3)n(C)c(=O)c2cc1C. The fourth-order valence-corrected chi connectivity index (χ4v) is 3.97. The molecule has 0 aliphatic heterocycles. The van der Waals surface area contributed by atoms with Crippen molar-refractivity contribution in [2.24, 2.45) is 7.05 Å². The molecule has 156 valence electrons. The number of aromatic nitrogens is 1. The normalized spacial score (nSPS) is 10.9. The molecule has 0 aliphatic carbocycles.